The minimum absolute atomic E-state index is 0.0209. The number of hydrogen-bond donors (Lipinski definition) is 1. The van der Waals surface area contributed by atoms with E-state index in [-0.39, 0.29) is 12.1 Å². The van der Waals surface area contributed by atoms with Crippen molar-refractivity contribution in [3.05, 3.63) is 70.8 Å². The zero-order valence-corrected chi connectivity index (χ0v) is 18.2. The largest absolute Gasteiger partial charge is 0.467 e. The van der Waals surface area contributed by atoms with Gasteiger partial charge in [-0.25, -0.2) is 4.79 Å². The van der Waals surface area contributed by atoms with Crippen LogP contribution < -0.4 is 5.32 Å². The molecule has 0 aromatic heterocycles. The van der Waals surface area contributed by atoms with E-state index >= 15 is 0 Å². The molecule has 0 radical (unpaired) electrons. The molecular formula is C24H23F6NO3. The van der Waals surface area contributed by atoms with E-state index in [2.05, 4.69) is 5.32 Å². The number of fused-ring (bicyclic) bond motifs is 2. The monoisotopic (exact) mass is 487 g/mol. The molecule has 2 aromatic carbocycles. The Kier molecular flexibility index (Phi) is 6.41. The van der Waals surface area contributed by atoms with Gasteiger partial charge < -0.3 is 14.8 Å². The average Bonchev–Trinajstić information content (AvgIpc) is 3.16. The molecule has 0 aliphatic carbocycles. The van der Waals surface area contributed by atoms with Gasteiger partial charge >= 0.3 is 18.3 Å². The molecule has 2 bridgehead atoms. The van der Waals surface area contributed by atoms with E-state index in [4.69, 9.17) is 9.47 Å². The van der Waals surface area contributed by atoms with E-state index in [9.17, 15) is 31.1 Å². The van der Waals surface area contributed by atoms with E-state index in [1.165, 1.54) is 0 Å². The maximum absolute atomic E-state index is 13.4. The molecule has 2 aliphatic heterocycles. The molecule has 4 unspecified atom stereocenters. The molecule has 10 heteroatoms. The van der Waals surface area contributed by atoms with Crippen molar-refractivity contribution in [1.82, 2.24) is 5.32 Å². The third-order valence-electron chi connectivity index (χ3n) is 6.59. The molecule has 4 rings (SSSR count). The van der Waals surface area contributed by atoms with Gasteiger partial charge in [0, 0.05) is 6.04 Å². The number of carbonyl (C=O) groups excluding carboxylic acids is 1. The number of carbonyl (C=O) groups is 1. The topological polar surface area (TPSA) is 47.6 Å². The molecule has 2 heterocycles. The van der Waals surface area contributed by atoms with Gasteiger partial charge in [-0.2, -0.15) is 26.3 Å². The van der Waals surface area contributed by atoms with Crippen LogP contribution in [0.3, 0.4) is 0 Å². The number of benzene rings is 2. The van der Waals surface area contributed by atoms with E-state index in [1.54, 1.807) is 0 Å². The Morgan fingerprint density at radius 2 is 1.59 bits per heavy atom. The molecule has 2 aliphatic rings. The lowest BCUT2D eigenvalue weighted by atomic mass is 9.80. The molecule has 4 nitrogen and oxygen atoms in total. The van der Waals surface area contributed by atoms with Crippen LogP contribution in [0.15, 0.2) is 48.5 Å². The van der Waals surface area contributed by atoms with Crippen LogP contribution >= 0.6 is 0 Å². The van der Waals surface area contributed by atoms with Crippen LogP contribution in [-0.4, -0.2) is 25.2 Å². The third kappa shape index (κ3) is 4.65. The van der Waals surface area contributed by atoms with Gasteiger partial charge in [0.05, 0.1) is 29.9 Å². The first-order valence-corrected chi connectivity index (χ1v) is 10.8. The molecule has 34 heavy (non-hydrogen) atoms. The standard InChI is InChI=1S/C24H23F6NO3/c1-33-21(32)20(14-11-16(23(25,26)27)13-17(12-14)24(28,29)30)34-19-8-7-18-9-10-22(19,31-18)15-5-3-2-4-6-15/h2-6,11-13,18-20,31H,7-10H2,1H3. The SMILES string of the molecule is COC(=O)C(OC1CCC2CCC1(c1ccccc1)N2)c1cc(C(F)(F)F)cc(C(F)(F)F)c1. The van der Waals surface area contributed by atoms with Crippen LogP contribution in [0.5, 0.6) is 0 Å². The Labute approximate surface area is 192 Å². The van der Waals surface area contributed by atoms with Crippen LogP contribution in [0, 0.1) is 0 Å². The Morgan fingerprint density at radius 1 is 0.971 bits per heavy atom. The van der Waals surface area contributed by atoms with E-state index < -0.39 is 52.8 Å². The molecular weight excluding hydrogens is 464 g/mol. The van der Waals surface area contributed by atoms with Gasteiger partial charge in [0.1, 0.15) is 0 Å². The Hall–Kier alpha value is -2.59. The first kappa shape index (κ1) is 24.5. The molecule has 2 fully saturated rings. The van der Waals surface area contributed by atoms with Gasteiger partial charge in [0.25, 0.3) is 0 Å². The fourth-order valence-electron chi connectivity index (χ4n) is 4.99. The molecule has 0 spiro atoms. The van der Waals surface area contributed by atoms with Gasteiger partial charge in [0.15, 0.2) is 6.10 Å². The van der Waals surface area contributed by atoms with Crippen molar-refractivity contribution in [3.8, 4) is 0 Å². The van der Waals surface area contributed by atoms with Gasteiger partial charge in [-0.3, -0.25) is 0 Å². The van der Waals surface area contributed by atoms with Crippen LogP contribution in [0.1, 0.15) is 54.0 Å². The number of methoxy groups -OCH3 is 1. The number of piperidine rings is 1. The van der Waals surface area contributed by atoms with Crippen molar-refractivity contribution in [2.24, 2.45) is 0 Å². The summed E-state index contributed by atoms with van der Waals surface area (Å²) < 4.78 is 91.3. The lowest BCUT2D eigenvalue weighted by Crippen LogP contribution is -2.55. The number of esters is 1. The number of ether oxygens (including phenoxy) is 2. The molecule has 0 amide bonds. The highest BCUT2D eigenvalue weighted by Gasteiger charge is 2.51. The summed E-state index contributed by atoms with van der Waals surface area (Å²) in [5.74, 6) is -1.07. The minimum atomic E-state index is -5.05. The smallest absolute Gasteiger partial charge is 0.416 e. The number of rotatable bonds is 5. The van der Waals surface area contributed by atoms with E-state index in [0.717, 1.165) is 19.1 Å². The van der Waals surface area contributed by atoms with Crippen LogP contribution in [-0.2, 0) is 32.2 Å². The van der Waals surface area contributed by atoms with Crippen LogP contribution in [0.4, 0.5) is 26.3 Å². The average molecular weight is 487 g/mol. The molecule has 0 saturated carbocycles. The van der Waals surface area contributed by atoms with Gasteiger partial charge in [-0.1, -0.05) is 30.3 Å². The van der Waals surface area contributed by atoms with Crippen molar-refractivity contribution in [2.45, 2.75) is 61.8 Å². The third-order valence-corrected chi connectivity index (χ3v) is 6.59. The summed E-state index contributed by atoms with van der Waals surface area (Å²) in [6, 6.07) is 10.5. The normalized spacial score (nSPS) is 25.7. The Morgan fingerprint density at radius 3 is 2.15 bits per heavy atom. The zero-order valence-electron chi connectivity index (χ0n) is 18.2. The summed E-state index contributed by atoms with van der Waals surface area (Å²) >= 11 is 0. The highest BCUT2D eigenvalue weighted by atomic mass is 19.4. The van der Waals surface area contributed by atoms with Crippen molar-refractivity contribution < 1.29 is 40.6 Å². The van der Waals surface area contributed by atoms with Gasteiger partial charge in [-0.05, 0) is 55.0 Å². The molecule has 2 aromatic rings. The zero-order chi connectivity index (χ0) is 24.7. The quantitative estimate of drug-likeness (QED) is 0.430. The second kappa shape index (κ2) is 8.88. The van der Waals surface area contributed by atoms with Crippen molar-refractivity contribution >= 4 is 5.97 Å². The van der Waals surface area contributed by atoms with Crippen LogP contribution in [0.25, 0.3) is 0 Å². The predicted molar refractivity (Wildman–Crippen MR) is 110 cm³/mol. The van der Waals surface area contributed by atoms with Crippen molar-refractivity contribution in [1.29, 1.82) is 0 Å². The van der Waals surface area contributed by atoms with Gasteiger partial charge in [0.2, 0.25) is 0 Å². The van der Waals surface area contributed by atoms with E-state index in [1.807, 2.05) is 30.3 Å². The predicted octanol–water partition coefficient (Wildman–Crippen LogP) is 5.76. The first-order valence-electron chi connectivity index (χ1n) is 10.8. The fraction of sp³-hybridized carbons (Fsp3) is 0.458. The minimum Gasteiger partial charge on any atom is -0.467 e. The Balaban J connectivity index is 1.77. The second-order valence-electron chi connectivity index (χ2n) is 8.66. The Bertz CT molecular complexity index is 1010. The lowest BCUT2D eigenvalue weighted by Gasteiger charge is -2.43. The summed E-state index contributed by atoms with van der Waals surface area (Å²) in [5, 5.41) is 3.52. The second-order valence-corrected chi connectivity index (χ2v) is 8.66. The maximum atomic E-state index is 13.4. The molecule has 1 N–H and O–H groups in total. The first-order chi connectivity index (χ1) is 15.9. The highest BCUT2D eigenvalue weighted by Crippen LogP contribution is 2.46. The summed E-state index contributed by atoms with van der Waals surface area (Å²) in [7, 11) is 1.01. The lowest BCUT2D eigenvalue weighted by molar-refractivity contribution is -0.165. The fourth-order valence-corrected chi connectivity index (χ4v) is 4.99. The van der Waals surface area contributed by atoms with Crippen molar-refractivity contribution in [2.75, 3.05) is 7.11 Å². The maximum Gasteiger partial charge on any atom is 0.416 e. The summed E-state index contributed by atoms with van der Waals surface area (Å²) in [5.41, 5.74) is -3.43. The number of nitrogens with one attached hydrogen (secondary N) is 1. The van der Waals surface area contributed by atoms with Crippen LogP contribution in [0.2, 0.25) is 0 Å². The molecule has 4 atom stereocenters. The molecule has 2 saturated heterocycles. The highest BCUT2D eigenvalue weighted by molar-refractivity contribution is 5.76. The summed E-state index contributed by atoms with van der Waals surface area (Å²) in [6.45, 7) is 0. The number of halogens is 6. The number of alkyl halides is 6. The summed E-state index contributed by atoms with van der Waals surface area (Å²) in [6.07, 6.45) is -9.88. The number of hydrogen-bond acceptors (Lipinski definition) is 4. The molecule has 184 valence electrons. The summed E-state index contributed by atoms with van der Waals surface area (Å²) in [4.78, 5) is 12.6. The van der Waals surface area contributed by atoms with E-state index in [0.29, 0.717) is 31.4 Å². The van der Waals surface area contributed by atoms with Gasteiger partial charge in [-0.15, -0.1) is 0 Å². The van der Waals surface area contributed by atoms with Crippen molar-refractivity contribution in [3.63, 3.8) is 0 Å².